The molecule has 0 radical (unpaired) electrons. The molecule has 0 aliphatic carbocycles. The zero-order chi connectivity index (χ0) is 13.5. The van der Waals surface area contributed by atoms with Gasteiger partial charge in [0.2, 0.25) is 0 Å². The molecule has 1 aromatic rings. The molecule has 0 saturated carbocycles. The van der Waals surface area contributed by atoms with Crippen LogP contribution in [0.25, 0.3) is 0 Å². The Labute approximate surface area is 113 Å². The largest absolute Gasteiger partial charge is 0.389 e. The van der Waals surface area contributed by atoms with Crippen molar-refractivity contribution >= 4 is 11.6 Å². The number of aliphatic hydroxyl groups is 2. The van der Waals surface area contributed by atoms with Crippen molar-refractivity contribution in [3.63, 3.8) is 0 Å². The summed E-state index contributed by atoms with van der Waals surface area (Å²) in [4.78, 5) is 1.84. The lowest BCUT2D eigenvalue weighted by Gasteiger charge is -2.23. The Kier molecular flexibility index (Phi) is 6.60. The molecule has 0 fully saturated rings. The molecule has 2 N–H and O–H groups in total. The molecule has 0 aromatic heterocycles. The predicted molar refractivity (Wildman–Crippen MR) is 71.8 cm³/mol. The van der Waals surface area contributed by atoms with Crippen LogP contribution in [-0.4, -0.2) is 55.1 Å². The maximum atomic E-state index is 10.1. The van der Waals surface area contributed by atoms with E-state index in [1.165, 1.54) is 0 Å². The number of nitrogens with zero attached hydrogens (tertiary/aromatic N) is 1. The van der Waals surface area contributed by atoms with Crippen LogP contribution < -0.4 is 0 Å². The number of rotatable bonds is 7. The quantitative estimate of drug-likeness (QED) is 0.787. The number of hydrogen-bond acceptors (Lipinski definition) is 4. The topological polar surface area (TPSA) is 52.9 Å². The molecule has 1 rings (SSSR count). The van der Waals surface area contributed by atoms with Gasteiger partial charge in [-0.15, -0.1) is 0 Å². The highest BCUT2D eigenvalue weighted by atomic mass is 35.5. The molecule has 0 aliphatic heterocycles. The highest BCUT2D eigenvalue weighted by molar-refractivity contribution is 6.31. The van der Waals surface area contributed by atoms with Gasteiger partial charge in [-0.2, -0.15) is 0 Å². The van der Waals surface area contributed by atoms with Crippen LogP contribution in [0.5, 0.6) is 0 Å². The second-order valence-corrected chi connectivity index (χ2v) is 4.77. The molecule has 0 heterocycles. The third-order valence-corrected chi connectivity index (χ3v) is 2.97. The number of halogens is 1. The van der Waals surface area contributed by atoms with Crippen molar-refractivity contribution < 1.29 is 14.9 Å². The van der Waals surface area contributed by atoms with Gasteiger partial charge in [-0.05, 0) is 13.1 Å². The van der Waals surface area contributed by atoms with E-state index in [1.54, 1.807) is 19.2 Å². The number of likely N-dealkylation sites (N-methyl/N-ethyl adjacent to an activating group) is 1. The highest BCUT2D eigenvalue weighted by Crippen LogP contribution is 2.22. The normalized spacial score (nSPS) is 14.8. The van der Waals surface area contributed by atoms with Crippen molar-refractivity contribution in [2.24, 2.45) is 0 Å². The Bertz CT molecular complexity index is 362. The van der Waals surface area contributed by atoms with Gasteiger partial charge in [-0.3, -0.25) is 0 Å². The minimum Gasteiger partial charge on any atom is -0.389 e. The van der Waals surface area contributed by atoms with Crippen LogP contribution in [0.4, 0.5) is 0 Å². The van der Waals surface area contributed by atoms with Gasteiger partial charge >= 0.3 is 0 Å². The highest BCUT2D eigenvalue weighted by Gasteiger charge is 2.15. The predicted octanol–water partition coefficient (Wildman–Crippen LogP) is 1.31. The Morgan fingerprint density at radius 2 is 1.94 bits per heavy atom. The maximum Gasteiger partial charge on any atom is 0.0931 e. The molecule has 1 aromatic carbocycles. The van der Waals surface area contributed by atoms with Gasteiger partial charge in [0.25, 0.3) is 0 Å². The molecule has 102 valence electrons. The van der Waals surface area contributed by atoms with E-state index in [2.05, 4.69) is 0 Å². The summed E-state index contributed by atoms with van der Waals surface area (Å²) in [5.74, 6) is 0. The fraction of sp³-hybridized carbons (Fsp3) is 0.538. The van der Waals surface area contributed by atoms with E-state index >= 15 is 0 Å². The van der Waals surface area contributed by atoms with Crippen LogP contribution >= 0.6 is 11.6 Å². The molecule has 0 spiro atoms. The van der Waals surface area contributed by atoms with Crippen molar-refractivity contribution in [3.05, 3.63) is 34.9 Å². The first-order valence-electron chi connectivity index (χ1n) is 5.82. The summed E-state index contributed by atoms with van der Waals surface area (Å²) in [7, 11) is 3.38. The van der Waals surface area contributed by atoms with E-state index in [9.17, 15) is 10.2 Å². The number of ether oxygens (including phenoxy) is 1. The molecule has 0 saturated heterocycles. The van der Waals surface area contributed by atoms with Gasteiger partial charge < -0.3 is 19.8 Å². The van der Waals surface area contributed by atoms with Crippen molar-refractivity contribution in [3.8, 4) is 0 Å². The van der Waals surface area contributed by atoms with Gasteiger partial charge in [-0.1, -0.05) is 29.8 Å². The molecule has 0 bridgehead atoms. The molecule has 4 nitrogen and oxygen atoms in total. The van der Waals surface area contributed by atoms with E-state index in [4.69, 9.17) is 16.3 Å². The number of hydrogen-bond donors (Lipinski definition) is 2. The number of methoxy groups -OCH3 is 1. The Balaban J connectivity index is 2.49. The summed E-state index contributed by atoms with van der Waals surface area (Å²) in [6.45, 7) is 1.13. The van der Waals surface area contributed by atoms with Crippen LogP contribution in [0.1, 0.15) is 11.7 Å². The molecule has 2 unspecified atom stereocenters. The van der Waals surface area contributed by atoms with Gasteiger partial charge in [0, 0.05) is 30.8 Å². The van der Waals surface area contributed by atoms with Crippen LogP contribution in [0.15, 0.2) is 24.3 Å². The Morgan fingerprint density at radius 1 is 1.28 bits per heavy atom. The SMILES string of the molecule is COCC(O)CN(C)CC(O)c1ccccc1Cl. The van der Waals surface area contributed by atoms with Gasteiger partial charge in [0.1, 0.15) is 0 Å². The second kappa shape index (κ2) is 7.71. The minimum absolute atomic E-state index is 0.284. The van der Waals surface area contributed by atoms with Crippen molar-refractivity contribution in [1.29, 1.82) is 0 Å². The molecule has 5 heteroatoms. The lowest BCUT2D eigenvalue weighted by atomic mass is 10.1. The van der Waals surface area contributed by atoms with Gasteiger partial charge in [0.05, 0.1) is 18.8 Å². The molecule has 18 heavy (non-hydrogen) atoms. The molecular weight excluding hydrogens is 254 g/mol. The Morgan fingerprint density at radius 3 is 2.56 bits per heavy atom. The van der Waals surface area contributed by atoms with Gasteiger partial charge in [-0.25, -0.2) is 0 Å². The Hall–Kier alpha value is -0.650. The van der Waals surface area contributed by atoms with E-state index in [0.29, 0.717) is 23.7 Å². The average Bonchev–Trinajstić information content (AvgIpc) is 2.29. The summed E-state index contributed by atoms with van der Waals surface area (Å²) < 4.78 is 4.85. The van der Waals surface area contributed by atoms with Crippen molar-refractivity contribution in [2.45, 2.75) is 12.2 Å². The van der Waals surface area contributed by atoms with Gasteiger partial charge in [0.15, 0.2) is 0 Å². The van der Waals surface area contributed by atoms with E-state index in [1.807, 2.05) is 24.1 Å². The van der Waals surface area contributed by atoms with E-state index < -0.39 is 12.2 Å². The van der Waals surface area contributed by atoms with E-state index in [-0.39, 0.29) is 6.61 Å². The van der Waals surface area contributed by atoms with Crippen LogP contribution in [0, 0.1) is 0 Å². The van der Waals surface area contributed by atoms with Crippen LogP contribution in [0.2, 0.25) is 5.02 Å². The summed E-state index contributed by atoms with van der Waals surface area (Å²) in [6, 6.07) is 7.21. The summed E-state index contributed by atoms with van der Waals surface area (Å²) in [5.41, 5.74) is 0.701. The first kappa shape index (κ1) is 15.4. The van der Waals surface area contributed by atoms with Crippen molar-refractivity contribution in [2.75, 3.05) is 33.9 Å². The van der Waals surface area contributed by atoms with Crippen molar-refractivity contribution in [1.82, 2.24) is 4.90 Å². The number of aliphatic hydroxyl groups excluding tert-OH is 2. The lowest BCUT2D eigenvalue weighted by Crippen LogP contribution is -2.34. The molecule has 0 aliphatic rings. The zero-order valence-corrected chi connectivity index (χ0v) is 11.5. The lowest BCUT2D eigenvalue weighted by molar-refractivity contribution is 0.0318. The average molecular weight is 274 g/mol. The number of benzene rings is 1. The summed E-state index contributed by atoms with van der Waals surface area (Å²) in [6.07, 6.45) is -1.23. The minimum atomic E-state index is -0.668. The summed E-state index contributed by atoms with van der Waals surface area (Å²) >= 11 is 6.01. The molecule has 0 amide bonds. The zero-order valence-electron chi connectivity index (χ0n) is 10.7. The first-order chi connectivity index (χ1) is 8.54. The maximum absolute atomic E-state index is 10.1. The third-order valence-electron chi connectivity index (χ3n) is 2.63. The molecule has 2 atom stereocenters. The molecular formula is C13H20ClNO3. The smallest absolute Gasteiger partial charge is 0.0931 e. The fourth-order valence-corrected chi connectivity index (χ4v) is 2.08. The standard InChI is InChI=1S/C13H20ClNO3/c1-15(7-10(16)9-18-2)8-13(17)11-5-3-4-6-12(11)14/h3-6,10,13,16-17H,7-9H2,1-2H3. The second-order valence-electron chi connectivity index (χ2n) is 4.37. The first-order valence-corrected chi connectivity index (χ1v) is 6.20. The third kappa shape index (κ3) is 4.92. The van der Waals surface area contributed by atoms with Crippen LogP contribution in [-0.2, 0) is 4.74 Å². The summed E-state index contributed by atoms with van der Waals surface area (Å²) in [5, 5.41) is 20.2. The van der Waals surface area contributed by atoms with E-state index in [0.717, 1.165) is 0 Å². The fourth-order valence-electron chi connectivity index (χ4n) is 1.82. The monoisotopic (exact) mass is 273 g/mol. The van der Waals surface area contributed by atoms with Crippen LogP contribution in [0.3, 0.4) is 0 Å².